The molecule has 3 heteroatoms. The Kier molecular flexibility index (Phi) is 5.32. The van der Waals surface area contributed by atoms with Gasteiger partial charge in [0.2, 0.25) is 0 Å². The minimum atomic E-state index is 0.319. The van der Waals surface area contributed by atoms with Crippen molar-refractivity contribution in [1.82, 2.24) is 10.3 Å². The third-order valence-electron chi connectivity index (χ3n) is 3.34. The Hall–Kier alpha value is -1.19. The molecule has 2 rings (SSSR count). The Balaban J connectivity index is 2.29. The van der Waals surface area contributed by atoms with Gasteiger partial charge in [-0.05, 0) is 56.1 Å². The fourth-order valence-electron chi connectivity index (χ4n) is 2.51. The van der Waals surface area contributed by atoms with E-state index in [0.717, 1.165) is 24.4 Å². The van der Waals surface area contributed by atoms with Crippen molar-refractivity contribution in [3.8, 4) is 0 Å². The van der Waals surface area contributed by atoms with E-state index in [1.165, 1.54) is 15.6 Å². The van der Waals surface area contributed by atoms with Crippen LogP contribution in [0.25, 0.3) is 0 Å². The van der Waals surface area contributed by atoms with Crippen LogP contribution >= 0.6 is 15.9 Å². The lowest BCUT2D eigenvalue weighted by molar-refractivity contribution is 0.547. The highest BCUT2D eigenvalue weighted by atomic mass is 79.9. The van der Waals surface area contributed by atoms with E-state index >= 15 is 0 Å². The van der Waals surface area contributed by atoms with Crippen LogP contribution in [0.5, 0.6) is 0 Å². The van der Waals surface area contributed by atoms with Crippen LogP contribution in [0.4, 0.5) is 0 Å². The lowest BCUT2D eigenvalue weighted by Crippen LogP contribution is -2.23. The van der Waals surface area contributed by atoms with E-state index in [4.69, 9.17) is 0 Å². The number of likely N-dealkylation sites (N-methyl/N-ethyl adjacent to an activating group) is 1. The zero-order valence-corrected chi connectivity index (χ0v) is 13.9. The lowest BCUT2D eigenvalue weighted by atomic mass is 9.98. The second-order valence-electron chi connectivity index (χ2n) is 5.09. The molecule has 2 nitrogen and oxygen atoms in total. The van der Waals surface area contributed by atoms with Gasteiger partial charge in [-0.1, -0.05) is 41.1 Å². The Morgan fingerprint density at radius 1 is 1.15 bits per heavy atom. The highest BCUT2D eigenvalue weighted by Gasteiger charge is 2.13. The molecule has 0 saturated carbocycles. The summed E-state index contributed by atoms with van der Waals surface area (Å²) >= 11 is 3.64. The summed E-state index contributed by atoms with van der Waals surface area (Å²) in [5, 5.41) is 3.58. The molecule has 0 aliphatic carbocycles. The van der Waals surface area contributed by atoms with Gasteiger partial charge in [0.15, 0.2) is 0 Å². The van der Waals surface area contributed by atoms with Crippen molar-refractivity contribution < 1.29 is 0 Å². The molecule has 0 aliphatic heterocycles. The number of hydrogen-bond acceptors (Lipinski definition) is 2. The summed E-state index contributed by atoms with van der Waals surface area (Å²) in [6, 6.07) is 13.1. The van der Waals surface area contributed by atoms with Crippen LogP contribution in [-0.2, 0) is 6.42 Å². The number of rotatable bonds is 5. The van der Waals surface area contributed by atoms with Gasteiger partial charge in [0.05, 0.1) is 0 Å². The van der Waals surface area contributed by atoms with Gasteiger partial charge in [0.25, 0.3) is 0 Å². The van der Waals surface area contributed by atoms with E-state index < -0.39 is 0 Å². The number of aromatic nitrogens is 1. The zero-order valence-electron chi connectivity index (χ0n) is 12.3. The van der Waals surface area contributed by atoms with E-state index in [2.05, 4.69) is 83.4 Å². The van der Waals surface area contributed by atoms with Gasteiger partial charge in [-0.25, -0.2) is 0 Å². The van der Waals surface area contributed by atoms with E-state index in [0.29, 0.717) is 6.04 Å². The summed E-state index contributed by atoms with van der Waals surface area (Å²) in [6.45, 7) is 7.21. The molecule has 106 valence electrons. The Labute approximate surface area is 129 Å². The molecule has 0 bridgehead atoms. The second-order valence-corrected chi connectivity index (χ2v) is 5.94. The summed E-state index contributed by atoms with van der Waals surface area (Å²) in [7, 11) is 0. The normalized spacial score (nSPS) is 12.4. The number of hydrogen-bond donors (Lipinski definition) is 1. The minimum Gasteiger partial charge on any atom is -0.310 e. The standard InChI is InChI=1S/C17H21BrN2/c1-4-19-17(11-14-7-5-6-8-16(14)18)15-9-12(2)20-13(3)10-15/h5-10,17,19H,4,11H2,1-3H3. The molecule has 1 N–H and O–H groups in total. The molecule has 0 fully saturated rings. The quantitative estimate of drug-likeness (QED) is 0.880. The van der Waals surface area contributed by atoms with Crippen molar-refractivity contribution in [2.75, 3.05) is 6.54 Å². The molecule has 2 aromatic rings. The molecule has 20 heavy (non-hydrogen) atoms. The maximum atomic E-state index is 4.46. The third-order valence-corrected chi connectivity index (χ3v) is 4.11. The van der Waals surface area contributed by atoms with Crippen LogP contribution in [0.15, 0.2) is 40.9 Å². The summed E-state index contributed by atoms with van der Waals surface area (Å²) in [4.78, 5) is 4.46. The molecule has 0 radical (unpaired) electrons. The van der Waals surface area contributed by atoms with E-state index in [-0.39, 0.29) is 0 Å². The van der Waals surface area contributed by atoms with Gasteiger partial charge in [-0.15, -0.1) is 0 Å². The zero-order chi connectivity index (χ0) is 14.5. The molecule has 1 aromatic heterocycles. The first-order valence-corrected chi connectivity index (χ1v) is 7.81. The van der Waals surface area contributed by atoms with E-state index in [1.807, 2.05) is 0 Å². The molecule has 0 amide bonds. The van der Waals surface area contributed by atoms with Crippen LogP contribution in [-0.4, -0.2) is 11.5 Å². The average Bonchev–Trinajstić information content (AvgIpc) is 2.39. The molecule has 0 spiro atoms. The Bertz CT molecular complexity index is 561. The van der Waals surface area contributed by atoms with E-state index in [1.54, 1.807) is 0 Å². The van der Waals surface area contributed by atoms with Crippen LogP contribution in [0.3, 0.4) is 0 Å². The molecule has 1 heterocycles. The summed E-state index contributed by atoms with van der Waals surface area (Å²) < 4.78 is 1.17. The molecular formula is C17H21BrN2. The molecule has 0 aliphatic rings. The SMILES string of the molecule is CCNC(Cc1ccccc1Br)c1cc(C)nc(C)c1. The summed E-state index contributed by atoms with van der Waals surface area (Å²) in [6.07, 6.45) is 0.970. The number of benzene rings is 1. The number of nitrogens with zero attached hydrogens (tertiary/aromatic N) is 1. The van der Waals surface area contributed by atoms with E-state index in [9.17, 15) is 0 Å². The predicted octanol–water partition coefficient (Wildman–Crippen LogP) is 4.35. The van der Waals surface area contributed by atoms with Gasteiger partial charge < -0.3 is 5.32 Å². The summed E-state index contributed by atoms with van der Waals surface area (Å²) in [5.74, 6) is 0. The van der Waals surface area contributed by atoms with Crippen molar-refractivity contribution >= 4 is 15.9 Å². The predicted molar refractivity (Wildman–Crippen MR) is 88.0 cm³/mol. The first-order chi connectivity index (χ1) is 9.60. The summed E-state index contributed by atoms with van der Waals surface area (Å²) in [5.41, 5.74) is 4.79. The van der Waals surface area contributed by atoms with Gasteiger partial charge >= 0.3 is 0 Å². The topological polar surface area (TPSA) is 24.9 Å². The van der Waals surface area contributed by atoms with Gasteiger partial charge in [-0.3, -0.25) is 4.98 Å². The third kappa shape index (κ3) is 3.90. The van der Waals surface area contributed by atoms with Crippen LogP contribution < -0.4 is 5.32 Å². The second kappa shape index (κ2) is 7.00. The maximum absolute atomic E-state index is 4.46. The van der Waals surface area contributed by atoms with Crippen molar-refractivity contribution in [3.05, 3.63) is 63.4 Å². The van der Waals surface area contributed by atoms with Gasteiger partial charge in [-0.2, -0.15) is 0 Å². The van der Waals surface area contributed by atoms with Crippen molar-refractivity contribution in [2.45, 2.75) is 33.2 Å². The van der Waals surface area contributed by atoms with Crippen LogP contribution in [0, 0.1) is 13.8 Å². The van der Waals surface area contributed by atoms with Gasteiger partial charge in [0.1, 0.15) is 0 Å². The Morgan fingerprint density at radius 3 is 2.40 bits per heavy atom. The largest absolute Gasteiger partial charge is 0.310 e. The highest BCUT2D eigenvalue weighted by Crippen LogP contribution is 2.24. The van der Waals surface area contributed by atoms with Crippen LogP contribution in [0.2, 0.25) is 0 Å². The molecule has 1 aromatic carbocycles. The highest BCUT2D eigenvalue weighted by molar-refractivity contribution is 9.10. The first-order valence-electron chi connectivity index (χ1n) is 7.02. The number of aryl methyl sites for hydroxylation is 2. The first kappa shape index (κ1) is 15.2. The smallest absolute Gasteiger partial charge is 0.0379 e. The number of halogens is 1. The fourth-order valence-corrected chi connectivity index (χ4v) is 2.95. The van der Waals surface area contributed by atoms with Crippen molar-refractivity contribution in [3.63, 3.8) is 0 Å². The molecule has 1 atom stereocenters. The molecule has 0 saturated heterocycles. The average molecular weight is 333 g/mol. The lowest BCUT2D eigenvalue weighted by Gasteiger charge is -2.20. The Morgan fingerprint density at radius 2 is 1.80 bits per heavy atom. The van der Waals surface area contributed by atoms with Gasteiger partial charge in [0, 0.05) is 21.9 Å². The maximum Gasteiger partial charge on any atom is 0.0379 e. The monoisotopic (exact) mass is 332 g/mol. The fraction of sp³-hybridized carbons (Fsp3) is 0.353. The minimum absolute atomic E-state index is 0.319. The number of nitrogens with one attached hydrogen (secondary N) is 1. The molecular weight excluding hydrogens is 312 g/mol. The molecule has 1 unspecified atom stereocenters. The van der Waals surface area contributed by atoms with Crippen molar-refractivity contribution in [2.24, 2.45) is 0 Å². The van der Waals surface area contributed by atoms with Crippen LogP contribution in [0.1, 0.15) is 35.5 Å². The van der Waals surface area contributed by atoms with Crippen molar-refractivity contribution in [1.29, 1.82) is 0 Å². The number of pyridine rings is 1.